The molecule has 0 aliphatic rings. The van der Waals surface area contributed by atoms with E-state index in [2.05, 4.69) is 5.32 Å². The van der Waals surface area contributed by atoms with Crippen molar-refractivity contribution >= 4 is 11.6 Å². The van der Waals surface area contributed by atoms with Gasteiger partial charge < -0.3 is 16.2 Å². The molecule has 0 aromatic heterocycles. The molecule has 0 radical (unpaired) electrons. The predicted molar refractivity (Wildman–Crippen MR) is 64.0 cm³/mol. The van der Waals surface area contributed by atoms with Crippen molar-refractivity contribution in [2.75, 3.05) is 12.3 Å². The molecule has 1 aromatic carbocycles. The second-order valence-electron chi connectivity index (χ2n) is 4.67. The summed E-state index contributed by atoms with van der Waals surface area (Å²) in [6.45, 7) is 3.26. The topological polar surface area (TPSA) is 75.3 Å². The van der Waals surface area contributed by atoms with E-state index >= 15 is 0 Å². The molecule has 18 heavy (non-hydrogen) atoms. The third-order valence-corrected chi connectivity index (χ3v) is 2.52. The van der Waals surface area contributed by atoms with Gasteiger partial charge in [-0.1, -0.05) is 0 Å². The number of hydrogen-bond donors (Lipinski definition) is 3. The minimum absolute atomic E-state index is 0.110. The van der Waals surface area contributed by atoms with Crippen molar-refractivity contribution in [1.29, 1.82) is 0 Å². The Balaban J connectivity index is 2.95. The Bertz CT molecular complexity index is 462. The van der Waals surface area contributed by atoms with Gasteiger partial charge in [-0.2, -0.15) is 0 Å². The van der Waals surface area contributed by atoms with Crippen LogP contribution in [-0.2, 0) is 0 Å². The molecule has 1 rings (SSSR count). The summed E-state index contributed by atoms with van der Waals surface area (Å²) in [5.41, 5.74) is 3.99. The maximum absolute atomic E-state index is 13.4. The molecule has 6 heteroatoms. The minimum Gasteiger partial charge on any atom is -0.396 e. The van der Waals surface area contributed by atoms with Crippen LogP contribution in [0.25, 0.3) is 0 Å². The van der Waals surface area contributed by atoms with E-state index in [4.69, 9.17) is 10.8 Å². The number of anilines is 1. The third-order valence-electron chi connectivity index (χ3n) is 2.52. The molecular formula is C12H16F2N2O2. The van der Waals surface area contributed by atoms with Crippen LogP contribution < -0.4 is 11.1 Å². The summed E-state index contributed by atoms with van der Waals surface area (Å²) in [6, 6.07) is 1.53. The van der Waals surface area contributed by atoms with Gasteiger partial charge in [0.1, 0.15) is 11.6 Å². The standard InChI is InChI=1S/C12H16F2N2O2/c1-12(2,3-4-17)16-11(18)7-5-10(15)9(14)6-8(7)13/h5-6,17H,3-4,15H2,1-2H3,(H,16,18). The SMILES string of the molecule is CC(C)(CCO)NC(=O)c1cc(N)c(F)cc1F. The normalized spacial score (nSPS) is 11.4. The Morgan fingerprint density at radius 3 is 2.56 bits per heavy atom. The monoisotopic (exact) mass is 258 g/mol. The van der Waals surface area contributed by atoms with Gasteiger partial charge in [0.05, 0.1) is 11.3 Å². The maximum atomic E-state index is 13.4. The maximum Gasteiger partial charge on any atom is 0.254 e. The highest BCUT2D eigenvalue weighted by atomic mass is 19.1. The number of benzene rings is 1. The fourth-order valence-electron chi connectivity index (χ4n) is 1.46. The van der Waals surface area contributed by atoms with Crippen LogP contribution in [0.4, 0.5) is 14.5 Å². The van der Waals surface area contributed by atoms with Crippen LogP contribution in [0.15, 0.2) is 12.1 Å². The lowest BCUT2D eigenvalue weighted by Gasteiger charge is -2.25. The Labute approximate surface area is 104 Å². The fourth-order valence-corrected chi connectivity index (χ4v) is 1.46. The van der Waals surface area contributed by atoms with Crippen LogP contribution in [0, 0.1) is 11.6 Å². The lowest BCUT2D eigenvalue weighted by atomic mass is 10.0. The zero-order valence-corrected chi connectivity index (χ0v) is 10.3. The summed E-state index contributed by atoms with van der Waals surface area (Å²) in [7, 11) is 0. The lowest BCUT2D eigenvalue weighted by molar-refractivity contribution is 0.0895. The largest absolute Gasteiger partial charge is 0.396 e. The smallest absolute Gasteiger partial charge is 0.254 e. The van der Waals surface area contributed by atoms with Crippen molar-refractivity contribution in [3.8, 4) is 0 Å². The predicted octanol–water partition coefficient (Wildman–Crippen LogP) is 1.44. The molecule has 1 aromatic rings. The van der Waals surface area contributed by atoms with Crippen LogP contribution in [0.2, 0.25) is 0 Å². The van der Waals surface area contributed by atoms with Gasteiger partial charge in [-0.3, -0.25) is 4.79 Å². The summed E-state index contributed by atoms with van der Waals surface area (Å²) in [4.78, 5) is 11.8. The molecule has 100 valence electrons. The number of aliphatic hydroxyl groups excluding tert-OH is 1. The molecule has 0 saturated carbocycles. The van der Waals surface area contributed by atoms with Crippen molar-refractivity contribution in [3.63, 3.8) is 0 Å². The van der Waals surface area contributed by atoms with Gasteiger partial charge in [0.25, 0.3) is 5.91 Å². The van der Waals surface area contributed by atoms with E-state index in [-0.39, 0.29) is 17.9 Å². The van der Waals surface area contributed by atoms with Gasteiger partial charge in [-0.05, 0) is 26.3 Å². The van der Waals surface area contributed by atoms with Crippen LogP contribution >= 0.6 is 0 Å². The van der Waals surface area contributed by atoms with Gasteiger partial charge in [0, 0.05) is 18.2 Å². The molecule has 0 unspecified atom stereocenters. The van der Waals surface area contributed by atoms with Crippen LogP contribution in [0.5, 0.6) is 0 Å². The number of carbonyl (C=O) groups is 1. The number of nitrogen functional groups attached to an aromatic ring is 1. The van der Waals surface area contributed by atoms with Gasteiger partial charge in [-0.15, -0.1) is 0 Å². The molecule has 1 amide bonds. The number of nitrogens with one attached hydrogen (secondary N) is 1. The summed E-state index contributed by atoms with van der Waals surface area (Å²) in [5, 5.41) is 11.4. The van der Waals surface area contributed by atoms with E-state index in [1.165, 1.54) is 0 Å². The van der Waals surface area contributed by atoms with E-state index in [9.17, 15) is 13.6 Å². The summed E-state index contributed by atoms with van der Waals surface area (Å²) in [6.07, 6.45) is 0.317. The zero-order chi connectivity index (χ0) is 13.9. The number of amides is 1. The van der Waals surface area contributed by atoms with E-state index in [1.54, 1.807) is 13.8 Å². The van der Waals surface area contributed by atoms with Crippen molar-refractivity contribution in [3.05, 3.63) is 29.3 Å². The highest BCUT2D eigenvalue weighted by Crippen LogP contribution is 2.18. The first kappa shape index (κ1) is 14.4. The lowest BCUT2D eigenvalue weighted by Crippen LogP contribution is -2.44. The fraction of sp³-hybridized carbons (Fsp3) is 0.417. The van der Waals surface area contributed by atoms with Gasteiger partial charge in [0.15, 0.2) is 0 Å². The Morgan fingerprint density at radius 2 is 2.00 bits per heavy atom. The molecule has 0 saturated heterocycles. The zero-order valence-electron chi connectivity index (χ0n) is 10.3. The summed E-state index contributed by atoms with van der Waals surface area (Å²) >= 11 is 0. The molecule has 4 nitrogen and oxygen atoms in total. The summed E-state index contributed by atoms with van der Waals surface area (Å²) < 4.78 is 26.4. The van der Waals surface area contributed by atoms with E-state index in [0.717, 1.165) is 6.07 Å². The Kier molecular flexibility index (Phi) is 4.24. The second-order valence-corrected chi connectivity index (χ2v) is 4.67. The average molecular weight is 258 g/mol. The first-order chi connectivity index (χ1) is 8.26. The first-order valence-corrected chi connectivity index (χ1v) is 5.45. The number of aliphatic hydroxyl groups is 1. The molecule has 0 fully saturated rings. The van der Waals surface area contributed by atoms with Crippen LogP contribution in [-0.4, -0.2) is 23.2 Å². The van der Waals surface area contributed by atoms with Crippen LogP contribution in [0.3, 0.4) is 0 Å². The molecule has 0 aliphatic carbocycles. The Hall–Kier alpha value is -1.69. The number of hydrogen-bond acceptors (Lipinski definition) is 3. The van der Waals surface area contributed by atoms with Crippen molar-refractivity contribution in [2.45, 2.75) is 25.8 Å². The van der Waals surface area contributed by atoms with Crippen LogP contribution in [0.1, 0.15) is 30.6 Å². The Morgan fingerprint density at radius 1 is 1.39 bits per heavy atom. The molecule has 0 atom stereocenters. The molecule has 0 spiro atoms. The van der Waals surface area contributed by atoms with Gasteiger partial charge in [0.2, 0.25) is 0 Å². The molecule has 0 heterocycles. The highest BCUT2D eigenvalue weighted by Gasteiger charge is 2.23. The number of carbonyl (C=O) groups excluding carboxylic acids is 1. The quantitative estimate of drug-likeness (QED) is 0.715. The first-order valence-electron chi connectivity index (χ1n) is 5.45. The molecule has 4 N–H and O–H groups in total. The van der Waals surface area contributed by atoms with Crippen molar-refractivity contribution in [1.82, 2.24) is 5.32 Å². The highest BCUT2D eigenvalue weighted by molar-refractivity contribution is 5.95. The average Bonchev–Trinajstić information content (AvgIpc) is 2.22. The second kappa shape index (κ2) is 5.30. The molecule has 0 aliphatic heterocycles. The van der Waals surface area contributed by atoms with E-state index in [0.29, 0.717) is 12.5 Å². The minimum atomic E-state index is -0.973. The van der Waals surface area contributed by atoms with E-state index in [1.807, 2.05) is 0 Å². The summed E-state index contributed by atoms with van der Waals surface area (Å²) in [5.74, 6) is -2.57. The molecular weight excluding hydrogens is 242 g/mol. The number of nitrogens with two attached hydrogens (primary N) is 1. The van der Waals surface area contributed by atoms with Crippen molar-refractivity contribution < 1.29 is 18.7 Å². The third kappa shape index (κ3) is 3.40. The van der Waals surface area contributed by atoms with Crippen molar-refractivity contribution in [2.24, 2.45) is 0 Å². The van der Waals surface area contributed by atoms with E-state index < -0.39 is 23.1 Å². The van der Waals surface area contributed by atoms with Gasteiger partial charge >= 0.3 is 0 Å². The van der Waals surface area contributed by atoms with Gasteiger partial charge in [-0.25, -0.2) is 8.78 Å². The number of rotatable bonds is 4. The number of halogens is 2. The molecule has 0 bridgehead atoms.